The van der Waals surface area contributed by atoms with E-state index in [0.29, 0.717) is 18.2 Å². The molecule has 2 rings (SSSR count). The molecular formula is C12H16F3N3. The molecule has 1 fully saturated rings. The maximum atomic E-state index is 12.4. The number of nitrogens with one attached hydrogen (secondary N) is 1. The largest absolute Gasteiger partial charge is 0.434 e. The van der Waals surface area contributed by atoms with Gasteiger partial charge in [0, 0.05) is 12.2 Å². The Balaban J connectivity index is 1.92. The number of hydrogen-bond acceptors (Lipinski definition) is 3. The second-order valence-corrected chi connectivity index (χ2v) is 4.58. The number of alkyl halides is 3. The number of hydrogen-bond donors (Lipinski definition) is 1. The quantitative estimate of drug-likeness (QED) is 0.906. The van der Waals surface area contributed by atoms with Crippen molar-refractivity contribution in [2.45, 2.75) is 44.3 Å². The number of nitrogens with zero attached hydrogens (tertiary/aromatic N) is 2. The Kier molecular flexibility index (Phi) is 4.16. The van der Waals surface area contributed by atoms with Crippen LogP contribution >= 0.6 is 0 Å². The van der Waals surface area contributed by atoms with Gasteiger partial charge in [-0.2, -0.15) is 13.2 Å². The van der Waals surface area contributed by atoms with Gasteiger partial charge in [0.1, 0.15) is 0 Å². The Hall–Kier alpha value is -1.17. The maximum Gasteiger partial charge on any atom is 0.434 e. The normalized spacial score (nSPS) is 20.9. The molecule has 0 amide bonds. The van der Waals surface area contributed by atoms with Gasteiger partial charge < -0.3 is 5.32 Å². The van der Waals surface area contributed by atoms with E-state index in [9.17, 15) is 13.2 Å². The van der Waals surface area contributed by atoms with Crippen LogP contribution < -0.4 is 5.32 Å². The molecule has 0 radical (unpaired) electrons. The third-order valence-corrected chi connectivity index (χ3v) is 3.14. The van der Waals surface area contributed by atoms with E-state index in [1.165, 1.54) is 19.0 Å². The second-order valence-electron chi connectivity index (χ2n) is 4.58. The third-order valence-electron chi connectivity index (χ3n) is 3.14. The highest BCUT2D eigenvalue weighted by molar-refractivity contribution is 5.06. The fraction of sp³-hybridized carbons (Fsp3) is 0.667. The van der Waals surface area contributed by atoms with Crippen LogP contribution in [0.4, 0.5) is 13.2 Å². The topological polar surface area (TPSA) is 37.8 Å². The van der Waals surface area contributed by atoms with Gasteiger partial charge in [-0.3, -0.25) is 4.98 Å². The van der Waals surface area contributed by atoms with Gasteiger partial charge in [-0.15, -0.1) is 0 Å². The van der Waals surface area contributed by atoms with Crippen LogP contribution in [0.1, 0.15) is 37.1 Å². The van der Waals surface area contributed by atoms with Gasteiger partial charge in [-0.25, -0.2) is 4.98 Å². The number of aryl methyl sites for hydroxylation is 1. The second kappa shape index (κ2) is 5.65. The lowest BCUT2D eigenvalue weighted by Gasteiger charge is -2.23. The lowest BCUT2D eigenvalue weighted by molar-refractivity contribution is -0.141. The SMILES string of the molecule is FC(F)(F)c1cncc(CCC2CCCCN2)n1. The highest BCUT2D eigenvalue weighted by Crippen LogP contribution is 2.27. The molecule has 18 heavy (non-hydrogen) atoms. The van der Waals surface area contributed by atoms with E-state index in [4.69, 9.17) is 0 Å². The molecule has 1 unspecified atom stereocenters. The van der Waals surface area contributed by atoms with E-state index < -0.39 is 11.9 Å². The molecule has 1 aliphatic rings. The zero-order chi connectivity index (χ0) is 13.0. The minimum absolute atomic E-state index is 0.398. The van der Waals surface area contributed by atoms with Crippen LogP contribution in [0.2, 0.25) is 0 Å². The van der Waals surface area contributed by atoms with Crippen molar-refractivity contribution in [2.24, 2.45) is 0 Å². The van der Waals surface area contributed by atoms with Crippen molar-refractivity contribution in [2.75, 3.05) is 6.54 Å². The first-order valence-corrected chi connectivity index (χ1v) is 6.17. The van der Waals surface area contributed by atoms with Gasteiger partial charge in [0.2, 0.25) is 0 Å². The van der Waals surface area contributed by atoms with Crippen molar-refractivity contribution in [3.63, 3.8) is 0 Å². The van der Waals surface area contributed by atoms with E-state index in [2.05, 4.69) is 15.3 Å². The fourth-order valence-electron chi connectivity index (χ4n) is 2.16. The van der Waals surface area contributed by atoms with E-state index in [1.54, 1.807) is 0 Å². The van der Waals surface area contributed by atoms with Crippen LogP contribution in [0.15, 0.2) is 12.4 Å². The summed E-state index contributed by atoms with van der Waals surface area (Å²) < 4.78 is 37.3. The summed E-state index contributed by atoms with van der Waals surface area (Å²) in [6.45, 7) is 0.999. The van der Waals surface area contributed by atoms with E-state index >= 15 is 0 Å². The number of halogens is 3. The van der Waals surface area contributed by atoms with Gasteiger partial charge in [-0.05, 0) is 32.2 Å². The predicted molar refractivity (Wildman–Crippen MR) is 61.0 cm³/mol. The molecular weight excluding hydrogens is 243 g/mol. The lowest BCUT2D eigenvalue weighted by atomic mass is 10.00. The first-order valence-electron chi connectivity index (χ1n) is 6.17. The molecule has 0 spiro atoms. The zero-order valence-corrected chi connectivity index (χ0v) is 10.0. The van der Waals surface area contributed by atoms with E-state index in [-0.39, 0.29) is 0 Å². The summed E-state index contributed by atoms with van der Waals surface area (Å²) >= 11 is 0. The van der Waals surface area contributed by atoms with Crippen LogP contribution in [0.5, 0.6) is 0 Å². The molecule has 1 atom stereocenters. The van der Waals surface area contributed by atoms with Crippen LogP contribution in [0.25, 0.3) is 0 Å². The summed E-state index contributed by atoms with van der Waals surface area (Å²) in [7, 11) is 0. The summed E-state index contributed by atoms with van der Waals surface area (Å²) in [5.74, 6) is 0. The number of piperidine rings is 1. The summed E-state index contributed by atoms with van der Waals surface area (Å²) in [6.07, 6.45) is 2.58. The standard InChI is InChI=1S/C12H16F3N3/c13-12(14,15)11-8-16-7-10(18-11)5-4-9-3-1-2-6-17-9/h7-9,17H,1-6H2. The number of rotatable bonds is 3. The summed E-state index contributed by atoms with van der Waals surface area (Å²) in [6, 6.07) is 0.398. The average Bonchev–Trinajstić information content (AvgIpc) is 2.37. The lowest BCUT2D eigenvalue weighted by Crippen LogP contribution is -2.34. The molecule has 1 aromatic heterocycles. The molecule has 3 nitrogen and oxygen atoms in total. The Morgan fingerprint density at radius 2 is 2.11 bits per heavy atom. The molecule has 1 saturated heterocycles. The monoisotopic (exact) mass is 259 g/mol. The Labute approximate surface area is 104 Å². The maximum absolute atomic E-state index is 12.4. The highest BCUT2D eigenvalue weighted by atomic mass is 19.4. The minimum atomic E-state index is -4.41. The van der Waals surface area contributed by atoms with Crippen molar-refractivity contribution in [3.8, 4) is 0 Å². The van der Waals surface area contributed by atoms with Gasteiger partial charge in [0.05, 0.1) is 11.9 Å². The highest BCUT2D eigenvalue weighted by Gasteiger charge is 2.33. The van der Waals surface area contributed by atoms with E-state index in [1.807, 2.05) is 0 Å². The molecule has 0 aromatic carbocycles. The average molecular weight is 259 g/mol. The van der Waals surface area contributed by atoms with Crippen LogP contribution in [0.3, 0.4) is 0 Å². The summed E-state index contributed by atoms with van der Waals surface area (Å²) in [4.78, 5) is 7.23. The molecule has 100 valence electrons. The molecule has 6 heteroatoms. The van der Waals surface area contributed by atoms with Crippen molar-refractivity contribution < 1.29 is 13.2 Å². The summed E-state index contributed by atoms with van der Waals surface area (Å²) in [5, 5.41) is 3.36. The van der Waals surface area contributed by atoms with Gasteiger partial charge in [0.15, 0.2) is 5.69 Å². The molecule has 0 aliphatic carbocycles. The minimum Gasteiger partial charge on any atom is -0.314 e. The van der Waals surface area contributed by atoms with Gasteiger partial charge in [-0.1, -0.05) is 6.42 Å². The third kappa shape index (κ3) is 3.66. The smallest absolute Gasteiger partial charge is 0.314 e. The predicted octanol–water partition coefficient (Wildman–Crippen LogP) is 2.57. The molecule has 0 bridgehead atoms. The van der Waals surface area contributed by atoms with Gasteiger partial charge in [0.25, 0.3) is 0 Å². The van der Waals surface area contributed by atoms with E-state index in [0.717, 1.165) is 25.6 Å². The number of aromatic nitrogens is 2. The first-order chi connectivity index (χ1) is 8.55. The van der Waals surface area contributed by atoms with Crippen molar-refractivity contribution in [1.29, 1.82) is 0 Å². The Bertz CT molecular complexity index is 386. The molecule has 2 heterocycles. The van der Waals surface area contributed by atoms with Crippen LogP contribution in [-0.4, -0.2) is 22.6 Å². The fourth-order valence-corrected chi connectivity index (χ4v) is 2.16. The summed E-state index contributed by atoms with van der Waals surface area (Å²) in [5.41, 5.74) is -0.492. The van der Waals surface area contributed by atoms with Crippen molar-refractivity contribution >= 4 is 0 Å². The van der Waals surface area contributed by atoms with Crippen molar-refractivity contribution in [3.05, 3.63) is 23.8 Å². The molecule has 1 aliphatic heterocycles. The zero-order valence-electron chi connectivity index (χ0n) is 10.0. The van der Waals surface area contributed by atoms with Crippen LogP contribution in [0, 0.1) is 0 Å². The Morgan fingerprint density at radius 1 is 1.28 bits per heavy atom. The Morgan fingerprint density at radius 3 is 2.78 bits per heavy atom. The first kappa shape index (κ1) is 13.3. The molecule has 1 N–H and O–H groups in total. The van der Waals surface area contributed by atoms with Gasteiger partial charge >= 0.3 is 6.18 Å². The molecule has 0 saturated carbocycles. The molecule has 1 aromatic rings. The van der Waals surface area contributed by atoms with Crippen LogP contribution in [-0.2, 0) is 12.6 Å². The van der Waals surface area contributed by atoms with Crippen molar-refractivity contribution in [1.82, 2.24) is 15.3 Å².